The summed E-state index contributed by atoms with van der Waals surface area (Å²) in [6.07, 6.45) is 3.06. The van der Waals surface area contributed by atoms with Crippen LogP contribution in [0.15, 0.2) is 48.5 Å². The van der Waals surface area contributed by atoms with Crippen LogP contribution in [0, 0.1) is 24.0 Å². The zero-order valence-electron chi connectivity index (χ0n) is 11.9. The van der Waals surface area contributed by atoms with Crippen LogP contribution in [0.3, 0.4) is 0 Å². The van der Waals surface area contributed by atoms with Crippen molar-refractivity contribution in [2.75, 3.05) is 0 Å². The van der Waals surface area contributed by atoms with Crippen LogP contribution in [-0.4, -0.2) is 10.7 Å². The molecule has 2 aromatic carbocycles. The summed E-state index contributed by atoms with van der Waals surface area (Å²) in [6.45, 7) is 3.96. The van der Waals surface area contributed by atoms with Crippen LogP contribution in [0.4, 0.5) is 5.69 Å². The van der Waals surface area contributed by atoms with Crippen LogP contribution in [0.25, 0.3) is 6.08 Å². The van der Waals surface area contributed by atoms with Crippen molar-refractivity contribution < 1.29 is 9.72 Å². The van der Waals surface area contributed by atoms with Crippen LogP contribution in [0.5, 0.6) is 0 Å². The van der Waals surface area contributed by atoms with E-state index in [4.69, 9.17) is 0 Å². The predicted octanol–water partition coefficient (Wildman–Crippen LogP) is 4.11. The Hall–Kier alpha value is -2.75. The minimum Gasteiger partial charge on any atom is -0.289 e. The second-order valence-corrected chi connectivity index (χ2v) is 4.83. The van der Waals surface area contributed by atoms with Crippen molar-refractivity contribution in [3.63, 3.8) is 0 Å². The molecule has 0 aliphatic carbocycles. The van der Waals surface area contributed by atoms with Gasteiger partial charge in [0.05, 0.1) is 10.5 Å². The molecule has 0 bridgehead atoms. The first-order valence-electron chi connectivity index (χ1n) is 6.52. The first-order chi connectivity index (χ1) is 9.99. The molecule has 0 fully saturated rings. The first-order valence-corrected chi connectivity index (χ1v) is 6.52. The maximum atomic E-state index is 12.1. The third kappa shape index (κ3) is 3.42. The highest BCUT2D eigenvalue weighted by molar-refractivity contribution is 6.09. The number of benzene rings is 2. The number of para-hydroxylation sites is 1. The van der Waals surface area contributed by atoms with Gasteiger partial charge in [0.2, 0.25) is 0 Å². The Morgan fingerprint density at radius 3 is 2.52 bits per heavy atom. The fraction of sp³-hybridized carbons (Fsp3) is 0.118. The number of nitro benzene ring substituents is 1. The smallest absolute Gasteiger partial charge is 0.280 e. The Morgan fingerprint density at radius 1 is 1.14 bits per heavy atom. The monoisotopic (exact) mass is 281 g/mol. The summed E-state index contributed by atoms with van der Waals surface area (Å²) in [5.74, 6) is -0.373. The van der Waals surface area contributed by atoms with Crippen LogP contribution in [0.1, 0.15) is 27.0 Å². The number of nitrogens with zero attached hydrogens (tertiary/aromatic N) is 1. The lowest BCUT2D eigenvalue weighted by Crippen LogP contribution is -2.00. The molecule has 2 aromatic rings. The summed E-state index contributed by atoms with van der Waals surface area (Å²) in [5.41, 5.74) is 3.06. The average Bonchev–Trinajstić information content (AvgIpc) is 2.46. The lowest BCUT2D eigenvalue weighted by Gasteiger charge is -2.02. The second-order valence-electron chi connectivity index (χ2n) is 4.83. The quantitative estimate of drug-likeness (QED) is 0.367. The minimum atomic E-state index is -0.543. The highest BCUT2D eigenvalue weighted by Gasteiger charge is 2.16. The van der Waals surface area contributed by atoms with E-state index in [0.29, 0.717) is 0 Å². The fourth-order valence-electron chi connectivity index (χ4n) is 2.11. The molecule has 0 spiro atoms. The fourth-order valence-corrected chi connectivity index (χ4v) is 2.11. The molecule has 0 heterocycles. The summed E-state index contributed by atoms with van der Waals surface area (Å²) in [7, 11) is 0. The van der Waals surface area contributed by atoms with Crippen LogP contribution >= 0.6 is 0 Å². The predicted molar refractivity (Wildman–Crippen MR) is 82.4 cm³/mol. The van der Waals surface area contributed by atoms with E-state index < -0.39 is 4.92 Å². The number of aryl methyl sites for hydroxylation is 2. The van der Waals surface area contributed by atoms with E-state index in [0.717, 1.165) is 16.7 Å². The standard InChI is InChI=1S/C17H15NO3/c1-12-7-8-14(13(2)11-12)9-10-17(19)15-5-3-4-6-16(15)18(20)21/h3-11H,1-2H3/b10-9+. The number of ketones is 1. The van der Waals surface area contributed by atoms with Gasteiger partial charge in [-0.2, -0.15) is 0 Å². The zero-order valence-corrected chi connectivity index (χ0v) is 11.9. The van der Waals surface area contributed by atoms with Gasteiger partial charge in [0.1, 0.15) is 0 Å². The molecule has 0 amide bonds. The number of allylic oxidation sites excluding steroid dienone is 1. The molecular formula is C17H15NO3. The topological polar surface area (TPSA) is 60.2 Å². The Bertz CT molecular complexity index is 733. The highest BCUT2D eigenvalue weighted by atomic mass is 16.6. The Kier molecular flexibility index (Phi) is 4.28. The molecule has 0 aliphatic heterocycles. The Labute approximate surface area is 122 Å². The summed E-state index contributed by atoms with van der Waals surface area (Å²) in [6, 6.07) is 11.9. The van der Waals surface area contributed by atoms with E-state index in [1.807, 2.05) is 32.0 Å². The second kappa shape index (κ2) is 6.13. The molecule has 0 saturated carbocycles. The van der Waals surface area contributed by atoms with Gasteiger partial charge < -0.3 is 0 Å². The van der Waals surface area contributed by atoms with Crippen molar-refractivity contribution in [1.82, 2.24) is 0 Å². The lowest BCUT2D eigenvalue weighted by atomic mass is 10.0. The molecule has 0 aliphatic rings. The molecule has 2 rings (SSSR count). The molecule has 0 radical (unpaired) electrons. The first kappa shape index (κ1) is 14.7. The van der Waals surface area contributed by atoms with Gasteiger partial charge in [0, 0.05) is 6.07 Å². The summed E-state index contributed by atoms with van der Waals surface area (Å²) in [5, 5.41) is 10.9. The highest BCUT2D eigenvalue weighted by Crippen LogP contribution is 2.19. The van der Waals surface area contributed by atoms with Gasteiger partial charge in [0.25, 0.3) is 5.69 Å². The molecule has 0 unspecified atom stereocenters. The molecule has 0 N–H and O–H groups in total. The van der Waals surface area contributed by atoms with Gasteiger partial charge in [-0.3, -0.25) is 14.9 Å². The van der Waals surface area contributed by atoms with E-state index in [2.05, 4.69) is 0 Å². The number of rotatable bonds is 4. The third-order valence-corrected chi connectivity index (χ3v) is 3.21. The molecule has 4 heteroatoms. The number of hydrogen-bond acceptors (Lipinski definition) is 3. The van der Waals surface area contributed by atoms with Gasteiger partial charge in [-0.1, -0.05) is 42.0 Å². The maximum absolute atomic E-state index is 12.1. The summed E-state index contributed by atoms with van der Waals surface area (Å²) >= 11 is 0. The summed E-state index contributed by atoms with van der Waals surface area (Å²) in [4.78, 5) is 22.5. The molecule has 4 nitrogen and oxygen atoms in total. The van der Waals surface area contributed by atoms with E-state index >= 15 is 0 Å². The average molecular weight is 281 g/mol. The van der Waals surface area contributed by atoms with Crippen molar-refractivity contribution in [1.29, 1.82) is 0 Å². The minimum absolute atomic E-state index is 0.100. The molecule has 0 aromatic heterocycles. The van der Waals surface area contributed by atoms with Gasteiger partial charge >= 0.3 is 0 Å². The number of nitro groups is 1. The van der Waals surface area contributed by atoms with Crippen molar-refractivity contribution >= 4 is 17.5 Å². The maximum Gasteiger partial charge on any atom is 0.280 e. The normalized spacial score (nSPS) is 10.8. The number of carbonyl (C=O) groups excluding carboxylic acids is 1. The van der Waals surface area contributed by atoms with Gasteiger partial charge in [-0.05, 0) is 37.1 Å². The van der Waals surface area contributed by atoms with Gasteiger partial charge in [-0.25, -0.2) is 0 Å². The van der Waals surface area contributed by atoms with E-state index in [-0.39, 0.29) is 17.0 Å². The van der Waals surface area contributed by atoms with E-state index in [1.165, 1.54) is 18.2 Å². The lowest BCUT2D eigenvalue weighted by molar-refractivity contribution is -0.385. The van der Waals surface area contributed by atoms with E-state index in [1.54, 1.807) is 18.2 Å². The molecule has 0 saturated heterocycles. The number of carbonyl (C=O) groups is 1. The van der Waals surface area contributed by atoms with Crippen molar-refractivity contribution in [2.24, 2.45) is 0 Å². The summed E-state index contributed by atoms with van der Waals surface area (Å²) < 4.78 is 0. The van der Waals surface area contributed by atoms with Crippen molar-refractivity contribution in [3.05, 3.63) is 80.9 Å². The zero-order chi connectivity index (χ0) is 15.4. The van der Waals surface area contributed by atoms with Crippen LogP contribution in [-0.2, 0) is 0 Å². The van der Waals surface area contributed by atoms with Gasteiger partial charge in [-0.15, -0.1) is 0 Å². The SMILES string of the molecule is Cc1ccc(/C=C/C(=O)c2ccccc2[N+](=O)[O-])c(C)c1. The molecule has 106 valence electrons. The molecule has 21 heavy (non-hydrogen) atoms. The Morgan fingerprint density at radius 2 is 1.86 bits per heavy atom. The molecule has 0 atom stereocenters. The van der Waals surface area contributed by atoms with E-state index in [9.17, 15) is 14.9 Å². The van der Waals surface area contributed by atoms with Crippen molar-refractivity contribution in [2.45, 2.75) is 13.8 Å². The Balaban J connectivity index is 2.30. The number of hydrogen-bond donors (Lipinski definition) is 0. The van der Waals surface area contributed by atoms with Crippen molar-refractivity contribution in [3.8, 4) is 0 Å². The largest absolute Gasteiger partial charge is 0.289 e. The van der Waals surface area contributed by atoms with Gasteiger partial charge in [0.15, 0.2) is 5.78 Å². The third-order valence-electron chi connectivity index (χ3n) is 3.21. The van der Waals surface area contributed by atoms with Crippen LogP contribution in [0.2, 0.25) is 0 Å². The van der Waals surface area contributed by atoms with Crippen LogP contribution < -0.4 is 0 Å². The molecular weight excluding hydrogens is 266 g/mol.